The Morgan fingerprint density at radius 1 is 1.30 bits per heavy atom. The lowest BCUT2D eigenvalue weighted by atomic mass is 10.1. The lowest BCUT2D eigenvalue weighted by molar-refractivity contribution is 0.0946. The monoisotopic (exact) mass is 318 g/mol. The molecule has 1 saturated carbocycles. The second-order valence-electron chi connectivity index (χ2n) is 6.46. The molecule has 1 aliphatic carbocycles. The van der Waals surface area contributed by atoms with Gasteiger partial charge in [-0.05, 0) is 49.9 Å². The normalized spacial score (nSPS) is 21.3. The van der Waals surface area contributed by atoms with E-state index in [0.29, 0.717) is 30.4 Å². The first kappa shape index (κ1) is 16.3. The van der Waals surface area contributed by atoms with Crippen LogP contribution in [0.15, 0.2) is 24.3 Å². The number of benzene rings is 1. The summed E-state index contributed by atoms with van der Waals surface area (Å²) >= 11 is 0. The minimum absolute atomic E-state index is 0.0212. The number of amides is 1. The maximum Gasteiger partial charge on any atom is 0.251 e. The molecule has 0 unspecified atom stereocenters. The van der Waals surface area contributed by atoms with Gasteiger partial charge in [-0.15, -0.1) is 0 Å². The van der Waals surface area contributed by atoms with Crippen molar-refractivity contribution in [1.82, 2.24) is 10.2 Å². The zero-order valence-electron chi connectivity index (χ0n) is 13.8. The average molecular weight is 318 g/mol. The summed E-state index contributed by atoms with van der Waals surface area (Å²) in [6, 6.07) is 8.15. The van der Waals surface area contributed by atoms with Crippen molar-refractivity contribution in [2.24, 2.45) is 5.92 Å². The highest BCUT2D eigenvalue weighted by Gasteiger charge is 2.34. The SMILES string of the molecule is COCCOc1cccc(C(=O)NC[C@@H]2CCN(C3CC3)C2)c1. The number of carbonyl (C=O) groups is 1. The summed E-state index contributed by atoms with van der Waals surface area (Å²) < 4.78 is 10.5. The van der Waals surface area contributed by atoms with Gasteiger partial charge >= 0.3 is 0 Å². The molecule has 1 aromatic carbocycles. The summed E-state index contributed by atoms with van der Waals surface area (Å²) in [7, 11) is 1.64. The van der Waals surface area contributed by atoms with Crippen molar-refractivity contribution in [3.63, 3.8) is 0 Å². The molecule has 126 valence electrons. The largest absolute Gasteiger partial charge is 0.491 e. The Kier molecular flexibility index (Phi) is 5.51. The van der Waals surface area contributed by atoms with Crippen LogP contribution < -0.4 is 10.1 Å². The van der Waals surface area contributed by atoms with Gasteiger partial charge < -0.3 is 19.7 Å². The van der Waals surface area contributed by atoms with Crippen LogP contribution in [0.3, 0.4) is 0 Å². The molecule has 1 aliphatic heterocycles. The van der Waals surface area contributed by atoms with Crippen molar-refractivity contribution in [2.75, 3.05) is 40.0 Å². The molecule has 1 aromatic rings. The molecule has 1 amide bonds. The van der Waals surface area contributed by atoms with Gasteiger partial charge in [0.05, 0.1) is 6.61 Å². The minimum atomic E-state index is -0.0212. The Morgan fingerprint density at radius 2 is 2.17 bits per heavy atom. The van der Waals surface area contributed by atoms with E-state index in [2.05, 4.69) is 10.2 Å². The highest BCUT2D eigenvalue weighted by molar-refractivity contribution is 5.94. The van der Waals surface area contributed by atoms with E-state index >= 15 is 0 Å². The molecule has 5 nitrogen and oxygen atoms in total. The Balaban J connectivity index is 1.45. The molecule has 5 heteroatoms. The molecule has 0 aromatic heterocycles. The zero-order valence-corrected chi connectivity index (χ0v) is 13.8. The van der Waals surface area contributed by atoms with Gasteiger partial charge in [0, 0.05) is 31.8 Å². The van der Waals surface area contributed by atoms with Crippen LogP contribution in [0.5, 0.6) is 5.75 Å². The van der Waals surface area contributed by atoms with Crippen LogP contribution in [-0.4, -0.2) is 56.8 Å². The van der Waals surface area contributed by atoms with Crippen molar-refractivity contribution in [1.29, 1.82) is 0 Å². The molecular weight excluding hydrogens is 292 g/mol. The van der Waals surface area contributed by atoms with E-state index < -0.39 is 0 Å². The number of carbonyl (C=O) groups excluding carboxylic acids is 1. The molecule has 23 heavy (non-hydrogen) atoms. The number of hydrogen-bond acceptors (Lipinski definition) is 4. The first-order valence-corrected chi connectivity index (χ1v) is 8.50. The van der Waals surface area contributed by atoms with Crippen LogP contribution in [0.25, 0.3) is 0 Å². The summed E-state index contributed by atoms with van der Waals surface area (Å²) in [5.74, 6) is 1.27. The Bertz CT molecular complexity index is 531. The van der Waals surface area contributed by atoms with Gasteiger partial charge in [-0.3, -0.25) is 4.79 Å². The van der Waals surface area contributed by atoms with Gasteiger partial charge in [0.25, 0.3) is 5.91 Å². The third-order valence-corrected chi connectivity index (χ3v) is 4.58. The highest BCUT2D eigenvalue weighted by Crippen LogP contribution is 2.31. The second kappa shape index (κ2) is 7.79. The number of likely N-dealkylation sites (tertiary alicyclic amines) is 1. The van der Waals surface area contributed by atoms with E-state index in [1.165, 1.54) is 25.8 Å². The fourth-order valence-electron chi connectivity index (χ4n) is 3.11. The molecule has 0 radical (unpaired) electrons. The summed E-state index contributed by atoms with van der Waals surface area (Å²) in [5.41, 5.74) is 0.650. The molecule has 0 spiro atoms. The van der Waals surface area contributed by atoms with Gasteiger partial charge in [-0.25, -0.2) is 0 Å². The zero-order chi connectivity index (χ0) is 16.1. The highest BCUT2D eigenvalue weighted by atomic mass is 16.5. The van der Waals surface area contributed by atoms with Crippen molar-refractivity contribution >= 4 is 5.91 Å². The van der Waals surface area contributed by atoms with Crippen LogP contribution >= 0.6 is 0 Å². The second-order valence-corrected chi connectivity index (χ2v) is 6.46. The lowest BCUT2D eigenvalue weighted by Gasteiger charge is -2.15. The molecule has 1 saturated heterocycles. The van der Waals surface area contributed by atoms with Crippen molar-refractivity contribution in [2.45, 2.75) is 25.3 Å². The van der Waals surface area contributed by atoms with E-state index in [-0.39, 0.29) is 5.91 Å². The molecule has 2 fully saturated rings. The Morgan fingerprint density at radius 3 is 2.96 bits per heavy atom. The van der Waals surface area contributed by atoms with E-state index in [0.717, 1.165) is 19.1 Å². The van der Waals surface area contributed by atoms with Crippen LogP contribution in [0.4, 0.5) is 0 Å². The third-order valence-electron chi connectivity index (χ3n) is 4.58. The molecule has 3 rings (SSSR count). The first-order chi connectivity index (χ1) is 11.3. The van der Waals surface area contributed by atoms with Crippen LogP contribution in [-0.2, 0) is 4.74 Å². The Hall–Kier alpha value is -1.59. The number of nitrogens with one attached hydrogen (secondary N) is 1. The minimum Gasteiger partial charge on any atom is -0.491 e. The first-order valence-electron chi connectivity index (χ1n) is 8.50. The smallest absolute Gasteiger partial charge is 0.251 e. The quantitative estimate of drug-likeness (QED) is 0.744. The molecule has 1 N–H and O–H groups in total. The fraction of sp³-hybridized carbons (Fsp3) is 0.611. The number of hydrogen-bond donors (Lipinski definition) is 1. The lowest BCUT2D eigenvalue weighted by Crippen LogP contribution is -2.31. The number of nitrogens with zero attached hydrogens (tertiary/aromatic N) is 1. The summed E-state index contributed by atoms with van der Waals surface area (Å²) in [5, 5.41) is 3.07. The van der Waals surface area contributed by atoms with Crippen molar-refractivity contribution in [3.05, 3.63) is 29.8 Å². The van der Waals surface area contributed by atoms with E-state index in [1.807, 2.05) is 18.2 Å². The standard InChI is InChI=1S/C18H26N2O3/c1-22-9-10-23-17-4-2-3-15(11-17)18(21)19-12-14-7-8-20(13-14)16-5-6-16/h2-4,11,14,16H,5-10,12-13H2,1H3,(H,19,21)/t14-/m0/s1. The van der Waals surface area contributed by atoms with E-state index in [9.17, 15) is 4.79 Å². The maximum absolute atomic E-state index is 12.3. The van der Waals surface area contributed by atoms with E-state index in [4.69, 9.17) is 9.47 Å². The van der Waals surface area contributed by atoms with Gasteiger partial charge in [0.2, 0.25) is 0 Å². The Labute approximate surface area is 137 Å². The molecular formula is C18H26N2O3. The molecule has 1 atom stereocenters. The summed E-state index contributed by atoms with van der Waals surface area (Å²) in [4.78, 5) is 14.9. The topological polar surface area (TPSA) is 50.8 Å². The molecule has 0 bridgehead atoms. The summed E-state index contributed by atoms with van der Waals surface area (Å²) in [6.45, 7) is 4.10. The average Bonchev–Trinajstić information content (AvgIpc) is 3.32. The van der Waals surface area contributed by atoms with Gasteiger partial charge in [-0.1, -0.05) is 6.07 Å². The third kappa shape index (κ3) is 4.69. The van der Waals surface area contributed by atoms with Crippen molar-refractivity contribution in [3.8, 4) is 5.75 Å². The van der Waals surface area contributed by atoms with Gasteiger partial charge in [-0.2, -0.15) is 0 Å². The van der Waals surface area contributed by atoms with Crippen LogP contribution in [0.1, 0.15) is 29.6 Å². The molecule has 1 heterocycles. The number of methoxy groups -OCH3 is 1. The predicted molar refractivity (Wildman–Crippen MR) is 88.8 cm³/mol. The van der Waals surface area contributed by atoms with Gasteiger partial charge in [0.15, 0.2) is 0 Å². The van der Waals surface area contributed by atoms with E-state index in [1.54, 1.807) is 13.2 Å². The summed E-state index contributed by atoms with van der Waals surface area (Å²) in [6.07, 6.45) is 3.90. The number of ether oxygens (including phenoxy) is 2. The molecule has 2 aliphatic rings. The van der Waals surface area contributed by atoms with Crippen molar-refractivity contribution < 1.29 is 14.3 Å². The van der Waals surface area contributed by atoms with Crippen LogP contribution in [0, 0.1) is 5.92 Å². The fourth-order valence-corrected chi connectivity index (χ4v) is 3.11. The maximum atomic E-state index is 12.3. The van der Waals surface area contributed by atoms with Crippen LogP contribution in [0.2, 0.25) is 0 Å². The number of rotatable bonds is 8. The predicted octanol–water partition coefficient (Wildman–Crippen LogP) is 1.93. The van der Waals surface area contributed by atoms with Gasteiger partial charge in [0.1, 0.15) is 12.4 Å².